The summed E-state index contributed by atoms with van der Waals surface area (Å²) in [5, 5.41) is 3.44. The van der Waals surface area contributed by atoms with Gasteiger partial charge in [-0.1, -0.05) is 31.2 Å². The Morgan fingerprint density at radius 1 is 1.05 bits per heavy atom. The van der Waals surface area contributed by atoms with Gasteiger partial charge in [0.1, 0.15) is 5.75 Å². The summed E-state index contributed by atoms with van der Waals surface area (Å²) in [5.41, 5.74) is 2.67. The summed E-state index contributed by atoms with van der Waals surface area (Å²) in [4.78, 5) is 1.32. The number of thioether (sulfide) groups is 1. The fourth-order valence-electron chi connectivity index (χ4n) is 2.04. The number of benzene rings is 2. The van der Waals surface area contributed by atoms with Gasteiger partial charge in [-0.05, 0) is 48.4 Å². The third kappa shape index (κ3) is 5.44. The van der Waals surface area contributed by atoms with E-state index in [4.69, 9.17) is 4.74 Å². The molecule has 0 unspecified atom stereocenters. The van der Waals surface area contributed by atoms with Gasteiger partial charge in [0.25, 0.3) is 0 Å². The molecular weight excluding hydrogens is 278 g/mol. The predicted octanol–water partition coefficient (Wildman–Crippen LogP) is 4.49. The fourth-order valence-corrected chi connectivity index (χ4v) is 2.98. The zero-order chi connectivity index (χ0) is 14.9. The lowest BCUT2D eigenvalue weighted by atomic mass is 10.2. The Kier molecular flexibility index (Phi) is 6.64. The highest BCUT2D eigenvalue weighted by molar-refractivity contribution is 7.98. The second-order valence-corrected chi connectivity index (χ2v) is 6.01. The monoisotopic (exact) mass is 301 g/mol. The summed E-state index contributed by atoms with van der Waals surface area (Å²) in [7, 11) is 1.70. The third-order valence-electron chi connectivity index (χ3n) is 3.22. The highest BCUT2D eigenvalue weighted by Gasteiger charge is 1.99. The van der Waals surface area contributed by atoms with E-state index in [0.717, 1.165) is 24.6 Å². The molecule has 0 amide bonds. The van der Waals surface area contributed by atoms with Crippen LogP contribution < -0.4 is 10.1 Å². The van der Waals surface area contributed by atoms with E-state index in [-0.39, 0.29) is 0 Å². The van der Waals surface area contributed by atoms with Crippen molar-refractivity contribution in [3.63, 3.8) is 0 Å². The van der Waals surface area contributed by atoms with Crippen LogP contribution in [0, 0.1) is 0 Å². The number of nitrogens with one attached hydrogen (secondary N) is 1. The van der Waals surface area contributed by atoms with Crippen molar-refractivity contribution in [3.05, 3.63) is 59.7 Å². The summed E-state index contributed by atoms with van der Waals surface area (Å²) in [6.45, 7) is 4.21. The summed E-state index contributed by atoms with van der Waals surface area (Å²) >= 11 is 1.87. The molecule has 0 radical (unpaired) electrons. The largest absolute Gasteiger partial charge is 0.497 e. The second kappa shape index (κ2) is 8.75. The van der Waals surface area contributed by atoms with Crippen LogP contribution in [0.2, 0.25) is 0 Å². The number of rotatable bonds is 8. The van der Waals surface area contributed by atoms with Crippen LogP contribution >= 0.6 is 11.8 Å². The second-order valence-electron chi connectivity index (χ2n) is 4.96. The average Bonchev–Trinajstić information content (AvgIpc) is 2.54. The molecule has 0 aliphatic heterocycles. The fraction of sp³-hybridized carbons (Fsp3) is 0.333. The van der Waals surface area contributed by atoms with Gasteiger partial charge in [0.15, 0.2) is 0 Å². The van der Waals surface area contributed by atoms with E-state index in [2.05, 4.69) is 48.6 Å². The molecule has 0 aliphatic carbocycles. The van der Waals surface area contributed by atoms with Crippen LogP contribution in [0.1, 0.15) is 24.5 Å². The molecule has 0 saturated heterocycles. The normalized spacial score (nSPS) is 10.6. The lowest BCUT2D eigenvalue weighted by Crippen LogP contribution is -2.13. The molecule has 21 heavy (non-hydrogen) atoms. The lowest BCUT2D eigenvalue weighted by Gasteiger charge is -2.07. The smallest absolute Gasteiger partial charge is 0.118 e. The van der Waals surface area contributed by atoms with Gasteiger partial charge in [0.2, 0.25) is 0 Å². The van der Waals surface area contributed by atoms with E-state index in [1.165, 1.54) is 22.4 Å². The van der Waals surface area contributed by atoms with E-state index in [1.54, 1.807) is 7.11 Å². The molecule has 0 aliphatic rings. The minimum atomic E-state index is 0.910. The van der Waals surface area contributed by atoms with E-state index in [1.807, 2.05) is 23.9 Å². The molecule has 2 aromatic rings. The Morgan fingerprint density at radius 2 is 1.86 bits per heavy atom. The highest BCUT2D eigenvalue weighted by Crippen LogP contribution is 2.24. The Bertz CT molecular complexity index is 539. The average molecular weight is 301 g/mol. The van der Waals surface area contributed by atoms with Gasteiger partial charge in [0, 0.05) is 17.2 Å². The van der Waals surface area contributed by atoms with Crippen LogP contribution in [0.4, 0.5) is 0 Å². The lowest BCUT2D eigenvalue weighted by molar-refractivity contribution is 0.414. The number of ether oxygens (including phenoxy) is 1. The Morgan fingerprint density at radius 3 is 2.57 bits per heavy atom. The zero-order valence-corrected chi connectivity index (χ0v) is 13.6. The maximum atomic E-state index is 5.18. The molecule has 0 fully saturated rings. The molecule has 0 heterocycles. The first-order valence-electron chi connectivity index (χ1n) is 7.37. The van der Waals surface area contributed by atoms with Crippen molar-refractivity contribution in [2.75, 3.05) is 13.7 Å². The third-order valence-corrected chi connectivity index (χ3v) is 4.28. The van der Waals surface area contributed by atoms with Gasteiger partial charge in [0.05, 0.1) is 7.11 Å². The first-order chi connectivity index (χ1) is 10.3. The first kappa shape index (κ1) is 15.9. The predicted molar refractivity (Wildman–Crippen MR) is 91.0 cm³/mol. The van der Waals surface area contributed by atoms with Gasteiger partial charge in [-0.25, -0.2) is 0 Å². The standard InChI is InChI=1S/C18H23NOS/c1-3-11-19-13-16-5-4-6-18(12-16)21-14-15-7-9-17(20-2)10-8-15/h4-10,12,19H,3,11,13-14H2,1-2H3. The number of hydrogen-bond acceptors (Lipinski definition) is 3. The van der Waals surface area contributed by atoms with E-state index in [9.17, 15) is 0 Å². The maximum absolute atomic E-state index is 5.18. The van der Waals surface area contributed by atoms with Crippen molar-refractivity contribution in [1.29, 1.82) is 0 Å². The van der Waals surface area contributed by atoms with Crippen LogP contribution in [0.3, 0.4) is 0 Å². The molecule has 0 spiro atoms. The molecule has 1 N–H and O–H groups in total. The molecule has 0 saturated carbocycles. The highest BCUT2D eigenvalue weighted by atomic mass is 32.2. The van der Waals surface area contributed by atoms with Crippen molar-refractivity contribution in [1.82, 2.24) is 5.32 Å². The van der Waals surface area contributed by atoms with Crippen molar-refractivity contribution < 1.29 is 4.74 Å². The van der Waals surface area contributed by atoms with Crippen LogP contribution in [0.15, 0.2) is 53.4 Å². The molecule has 2 aromatic carbocycles. The Labute approximate surface area is 131 Å². The molecule has 3 heteroatoms. The minimum absolute atomic E-state index is 0.910. The topological polar surface area (TPSA) is 21.3 Å². The summed E-state index contributed by atoms with van der Waals surface area (Å²) in [6, 6.07) is 17.0. The summed E-state index contributed by atoms with van der Waals surface area (Å²) in [5.74, 6) is 1.89. The summed E-state index contributed by atoms with van der Waals surface area (Å²) in [6.07, 6.45) is 1.17. The van der Waals surface area contributed by atoms with Crippen molar-refractivity contribution >= 4 is 11.8 Å². The van der Waals surface area contributed by atoms with E-state index in [0.29, 0.717) is 0 Å². The van der Waals surface area contributed by atoms with Crippen LogP contribution in [-0.2, 0) is 12.3 Å². The first-order valence-corrected chi connectivity index (χ1v) is 8.35. The van der Waals surface area contributed by atoms with Crippen molar-refractivity contribution in [3.8, 4) is 5.75 Å². The molecule has 0 bridgehead atoms. The van der Waals surface area contributed by atoms with Crippen LogP contribution in [0.25, 0.3) is 0 Å². The van der Waals surface area contributed by atoms with Crippen molar-refractivity contribution in [2.45, 2.75) is 30.5 Å². The quantitative estimate of drug-likeness (QED) is 0.573. The minimum Gasteiger partial charge on any atom is -0.497 e. The molecule has 2 rings (SSSR count). The van der Waals surface area contributed by atoms with Crippen molar-refractivity contribution in [2.24, 2.45) is 0 Å². The molecule has 0 atom stereocenters. The SMILES string of the molecule is CCCNCc1cccc(SCc2ccc(OC)cc2)c1. The van der Waals surface area contributed by atoms with Gasteiger partial charge >= 0.3 is 0 Å². The van der Waals surface area contributed by atoms with E-state index < -0.39 is 0 Å². The van der Waals surface area contributed by atoms with Crippen LogP contribution in [-0.4, -0.2) is 13.7 Å². The van der Waals surface area contributed by atoms with Crippen LogP contribution in [0.5, 0.6) is 5.75 Å². The van der Waals surface area contributed by atoms with Gasteiger partial charge in [-0.15, -0.1) is 11.8 Å². The molecular formula is C18H23NOS. The number of methoxy groups -OCH3 is 1. The number of hydrogen-bond donors (Lipinski definition) is 1. The zero-order valence-electron chi connectivity index (χ0n) is 12.8. The molecule has 2 nitrogen and oxygen atoms in total. The van der Waals surface area contributed by atoms with Gasteiger partial charge < -0.3 is 10.1 Å². The summed E-state index contributed by atoms with van der Waals surface area (Å²) < 4.78 is 5.18. The Hall–Kier alpha value is -1.45. The maximum Gasteiger partial charge on any atom is 0.118 e. The van der Waals surface area contributed by atoms with Gasteiger partial charge in [-0.2, -0.15) is 0 Å². The van der Waals surface area contributed by atoms with E-state index >= 15 is 0 Å². The molecule has 112 valence electrons. The van der Waals surface area contributed by atoms with Gasteiger partial charge in [-0.3, -0.25) is 0 Å². The molecule has 0 aromatic heterocycles. The Balaban J connectivity index is 1.88.